The van der Waals surface area contributed by atoms with E-state index in [1.54, 1.807) is 6.07 Å². The van der Waals surface area contributed by atoms with Crippen LogP contribution < -0.4 is 4.90 Å². The Labute approximate surface area is 101 Å². The van der Waals surface area contributed by atoms with Crippen LogP contribution in [0, 0.1) is 5.82 Å². The molecule has 4 heteroatoms. The van der Waals surface area contributed by atoms with Crippen molar-refractivity contribution in [3.63, 3.8) is 0 Å². The number of benzene rings is 1. The predicted molar refractivity (Wildman–Crippen MR) is 64.6 cm³/mol. The number of hydrogen-bond acceptors (Lipinski definition) is 3. The molecule has 1 aliphatic rings. The Hall–Kier alpha value is -1.13. The fourth-order valence-electron chi connectivity index (χ4n) is 2.20. The lowest BCUT2D eigenvalue weighted by Gasteiger charge is -2.26. The minimum Gasteiger partial charge on any atom is -0.392 e. The van der Waals surface area contributed by atoms with Crippen LogP contribution in [0.5, 0.6) is 0 Å². The van der Waals surface area contributed by atoms with Gasteiger partial charge in [-0.05, 0) is 31.5 Å². The lowest BCUT2D eigenvalue weighted by molar-refractivity contribution is 0.0820. The van der Waals surface area contributed by atoms with E-state index in [-0.39, 0.29) is 18.5 Å². The van der Waals surface area contributed by atoms with Gasteiger partial charge in [0.1, 0.15) is 5.82 Å². The smallest absolute Gasteiger partial charge is 0.123 e. The van der Waals surface area contributed by atoms with Gasteiger partial charge >= 0.3 is 0 Å². The first-order chi connectivity index (χ1) is 8.20. The third-order valence-corrected chi connectivity index (χ3v) is 3.00. The Balaban J connectivity index is 2.25. The van der Waals surface area contributed by atoms with E-state index in [1.807, 2.05) is 6.92 Å². The summed E-state index contributed by atoms with van der Waals surface area (Å²) in [5.74, 6) is -0.308. The van der Waals surface area contributed by atoms with Gasteiger partial charge in [-0.15, -0.1) is 0 Å². The van der Waals surface area contributed by atoms with Crippen molar-refractivity contribution in [1.82, 2.24) is 0 Å². The van der Waals surface area contributed by atoms with E-state index >= 15 is 0 Å². The molecule has 1 aliphatic heterocycles. The van der Waals surface area contributed by atoms with Crippen molar-refractivity contribution in [3.05, 3.63) is 29.6 Å². The lowest BCUT2D eigenvalue weighted by Crippen LogP contribution is -2.30. The quantitative estimate of drug-likeness (QED) is 0.856. The van der Waals surface area contributed by atoms with Gasteiger partial charge in [0, 0.05) is 30.9 Å². The van der Waals surface area contributed by atoms with Crippen molar-refractivity contribution in [2.45, 2.75) is 26.1 Å². The van der Waals surface area contributed by atoms with Gasteiger partial charge in [0.05, 0.1) is 12.7 Å². The van der Waals surface area contributed by atoms with Crippen LogP contribution in [0.15, 0.2) is 18.2 Å². The monoisotopic (exact) mass is 239 g/mol. The second kappa shape index (κ2) is 5.47. The summed E-state index contributed by atoms with van der Waals surface area (Å²) in [5.41, 5.74) is 1.55. The highest BCUT2D eigenvalue weighted by atomic mass is 19.1. The molecular formula is C13H18FNO2. The van der Waals surface area contributed by atoms with Crippen LogP contribution in [0.3, 0.4) is 0 Å². The second-order valence-corrected chi connectivity index (χ2v) is 4.41. The van der Waals surface area contributed by atoms with Crippen molar-refractivity contribution in [3.8, 4) is 0 Å². The second-order valence-electron chi connectivity index (χ2n) is 4.41. The molecule has 0 aromatic heterocycles. The maximum absolute atomic E-state index is 13.1. The molecule has 1 aromatic rings. The molecule has 0 saturated carbocycles. The highest BCUT2D eigenvalue weighted by molar-refractivity contribution is 5.53. The highest BCUT2D eigenvalue weighted by Crippen LogP contribution is 2.23. The van der Waals surface area contributed by atoms with Gasteiger partial charge in [0.15, 0.2) is 0 Å². The number of aliphatic hydroxyl groups is 1. The largest absolute Gasteiger partial charge is 0.392 e. The van der Waals surface area contributed by atoms with Gasteiger partial charge in [-0.25, -0.2) is 4.39 Å². The van der Waals surface area contributed by atoms with Crippen LogP contribution in [0.4, 0.5) is 10.1 Å². The van der Waals surface area contributed by atoms with E-state index in [0.717, 1.165) is 31.8 Å². The van der Waals surface area contributed by atoms with Crippen molar-refractivity contribution in [2.75, 3.05) is 24.6 Å². The molecule has 1 N–H and O–H groups in total. The van der Waals surface area contributed by atoms with Gasteiger partial charge in [-0.1, -0.05) is 0 Å². The van der Waals surface area contributed by atoms with Gasteiger partial charge in [0.2, 0.25) is 0 Å². The Morgan fingerprint density at radius 1 is 1.53 bits per heavy atom. The van der Waals surface area contributed by atoms with Crippen LogP contribution in [-0.4, -0.2) is 30.9 Å². The summed E-state index contributed by atoms with van der Waals surface area (Å²) in [6, 6.07) is 4.57. The molecule has 0 amide bonds. The Bertz CT molecular complexity index is 384. The van der Waals surface area contributed by atoms with Crippen molar-refractivity contribution < 1.29 is 14.2 Å². The standard InChI is InChI=1S/C13H18FNO2/c1-10-8-15(5-2-6-17-10)13-4-3-12(14)7-11(13)9-16/h3-4,7,10,16H,2,5-6,8-9H2,1H3. The van der Waals surface area contributed by atoms with Crippen LogP contribution in [0.25, 0.3) is 0 Å². The number of rotatable bonds is 2. The first-order valence-electron chi connectivity index (χ1n) is 5.96. The van der Waals surface area contributed by atoms with E-state index in [9.17, 15) is 9.50 Å². The summed E-state index contributed by atoms with van der Waals surface area (Å²) in [6.45, 7) is 4.30. The molecule has 0 bridgehead atoms. The molecule has 17 heavy (non-hydrogen) atoms. The summed E-state index contributed by atoms with van der Waals surface area (Å²) in [5, 5.41) is 9.29. The molecule has 0 spiro atoms. The fourth-order valence-corrected chi connectivity index (χ4v) is 2.20. The van der Waals surface area contributed by atoms with Crippen molar-refractivity contribution in [1.29, 1.82) is 0 Å². The zero-order valence-corrected chi connectivity index (χ0v) is 10.0. The van der Waals surface area contributed by atoms with Crippen LogP contribution in [-0.2, 0) is 11.3 Å². The van der Waals surface area contributed by atoms with Crippen LogP contribution in [0.2, 0.25) is 0 Å². The highest BCUT2D eigenvalue weighted by Gasteiger charge is 2.17. The van der Waals surface area contributed by atoms with Crippen molar-refractivity contribution >= 4 is 5.69 Å². The average molecular weight is 239 g/mol. The molecule has 94 valence electrons. The summed E-state index contributed by atoms with van der Waals surface area (Å²) >= 11 is 0. The molecule has 2 rings (SSSR count). The van der Waals surface area contributed by atoms with Gasteiger partial charge in [0.25, 0.3) is 0 Å². The third kappa shape index (κ3) is 2.96. The molecule has 1 aromatic carbocycles. The molecule has 0 radical (unpaired) electrons. The summed E-state index contributed by atoms with van der Waals surface area (Å²) in [6.07, 6.45) is 1.11. The molecule has 0 aliphatic carbocycles. The molecule has 1 saturated heterocycles. The molecule has 1 atom stereocenters. The van der Waals surface area contributed by atoms with Crippen LogP contribution >= 0.6 is 0 Å². The third-order valence-electron chi connectivity index (χ3n) is 3.00. The van der Waals surface area contributed by atoms with Crippen molar-refractivity contribution in [2.24, 2.45) is 0 Å². The van der Waals surface area contributed by atoms with Crippen LogP contribution in [0.1, 0.15) is 18.9 Å². The Morgan fingerprint density at radius 2 is 2.35 bits per heavy atom. The topological polar surface area (TPSA) is 32.7 Å². The van der Waals surface area contributed by atoms with Gasteiger partial charge in [-0.3, -0.25) is 0 Å². The molecule has 1 fully saturated rings. The zero-order valence-electron chi connectivity index (χ0n) is 10.0. The zero-order chi connectivity index (χ0) is 12.3. The van der Waals surface area contributed by atoms with Gasteiger partial charge in [-0.2, -0.15) is 0 Å². The maximum Gasteiger partial charge on any atom is 0.123 e. The Kier molecular flexibility index (Phi) is 3.97. The van der Waals surface area contributed by atoms with E-state index in [2.05, 4.69) is 4.90 Å². The molecular weight excluding hydrogens is 221 g/mol. The minimum absolute atomic E-state index is 0.140. The first-order valence-corrected chi connectivity index (χ1v) is 5.96. The van der Waals surface area contributed by atoms with E-state index in [0.29, 0.717) is 5.56 Å². The number of anilines is 1. The first kappa shape index (κ1) is 12.3. The Morgan fingerprint density at radius 3 is 3.12 bits per heavy atom. The number of nitrogens with zero attached hydrogens (tertiary/aromatic N) is 1. The number of ether oxygens (including phenoxy) is 1. The SMILES string of the molecule is CC1CN(c2ccc(F)cc2CO)CCCO1. The summed E-state index contributed by atoms with van der Waals surface area (Å²) < 4.78 is 18.7. The average Bonchev–Trinajstić information content (AvgIpc) is 2.53. The normalized spacial score (nSPS) is 21.4. The molecule has 1 unspecified atom stereocenters. The van der Waals surface area contributed by atoms with E-state index in [1.165, 1.54) is 12.1 Å². The number of hydrogen-bond donors (Lipinski definition) is 1. The summed E-state index contributed by atoms with van der Waals surface area (Å²) in [7, 11) is 0. The lowest BCUT2D eigenvalue weighted by atomic mass is 10.1. The minimum atomic E-state index is -0.308. The fraction of sp³-hybridized carbons (Fsp3) is 0.538. The number of aliphatic hydroxyl groups excluding tert-OH is 1. The van der Waals surface area contributed by atoms with Gasteiger partial charge < -0.3 is 14.7 Å². The van der Waals surface area contributed by atoms with E-state index in [4.69, 9.17) is 4.74 Å². The summed E-state index contributed by atoms with van der Waals surface area (Å²) in [4.78, 5) is 2.16. The molecule has 3 nitrogen and oxygen atoms in total. The van der Waals surface area contributed by atoms with E-state index < -0.39 is 0 Å². The molecule has 1 heterocycles. The predicted octanol–water partition coefficient (Wildman–Crippen LogP) is 1.93. The maximum atomic E-state index is 13.1. The number of halogens is 1.